The lowest BCUT2D eigenvalue weighted by atomic mass is 10.2. The molecule has 1 amide bonds. The number of nitrogens with zero attached hydrogens (tertiary/aromatic N) is 1. The van der Waals surface area contributed by atoms with Gasteiger partial charge in [-0.1, -0.05) is 0 Å². The molecule has 0 atom stereocenters. The number of carbonyl (C=O) groups is 1. The summed E-state index contributed by atoms with van der Waals surface area (Å²) in [6, 6.07) is 11.3. The van der Waals surface area contributed by atoms with E-state index >= 15 is 0 Å². The standard InChI is InChI=1S/C17H19N5O2S/c1-22(17(19)20)16(23)15-6-10-2-3-11(7-14(10)21-15)24-9-13-5-4-12(8-18)25-13/h2-7,21H,8-9,18H2,1H3,(H3,19,20). The number of guanidine groups is 1. The number of nitrogens with one attached hydrogen (secondary N) is 2. The lowest BCUT2D eigenvalue weighted by Gasteiger charge is -2.12. The molecule has 25 heavy (non-hydrogen) atoms. The van der Waals surface area contributed by atoms with Gasteiger partial charge in [-0.3, -0.25) is 15.1 Å². The van der Waals surface area contributed by atoms with Gasteiger partial charge in [0.2, 0.25) is 0 Å². The van der Waals surface area contributed by atoms with Crippen molar-refractivity contribution in [2.24, 2.45) is 11.5 Å². The number of carbonyl (C=O) groups excluding carboxylic acids is 1. The number of benzene rings is 1. The molecular weight excluding hydrogens is 338 g/mol. The van der Waals surface area contributed by atoms with Crippen LogP contribution in [0, 0.1) is 5.41 Å². The zero-order valence-corrected chi connectivity index (χ0v) is 14.5. The highest BCUT2D eigenvalue weighted by atomic mass is 32.1. The Balaban J connectivity index is 1.75. The highest BCUT2D eigenvalue weighted by molar-refractivity contribution is 7.11. The Morgan fingerprint density at radius 1 is 1.28 bits per heavy atom. The molecule has 0 aliphatic rings. The Bertz CT molecular complexity index is 930. The molecule has 7 nitrogen and oxygen atoms in total. The first-order valence-corrected chi connectivity index (χ1v) is 8.45. The molecule has 0 saturated carbocycles. The summed E-state index contributed by atoms with van der Waals surface area (Å²) in [6.45, 7) is 1.00. The predicted molar refractivity (Wildman–Crippen MR) is 98.8 cm³/mol. The van der Waals surface area contributed by atoms with Crippen molar-refractivity contribution >= 4 is 34.1 Å². The van der Waals surface area contributed by atoms with Crippen LogP contribution < -0.4 is 16.2 Å². The molecule has 3 rings (SSSR count). The number of rotatable bonds is 5. The molecule has 0 aliphatic heterocycles. The van der Waals surface area contributed by atoms with Gasteiger partial charge in [0.1, 0.15) is 18.1 Å². The lowest BCUT2D eigenvalue weighted by molar-refractivity contribution is 0.0864. The predicted octanol–water partition coefficient (Wildman–Crippen LogP) is 2.23. The maximum atomic E-state index is 12.2. The Morgan fingerprint density at radius 3 is 2.72 bits per heavy atom. The molecule has 0 unspecified atom stereocenters. The van der Waals surface area contributed by atoms with E-state index in [9.17, 15) is 4.79 Å². The fourth-order valence-electron chi connectivity index (χ4n) is 2.37. The molecule has 0 bridgehead atoms. The molecule has 3 aromatic rings. The minimum atomic E-state index is -0.362. The van der Waals surface area contributed by atoms with Crippen molar-refractivity contribution in [3.8, 4) is 5.75 Å². The van der Waals surface area contributed by atoms with Gasteiger partial charge in [0.25, 0.3) is 5.91 Å². The Kier molecular flexibility index (Phi) is 4.73. The van der Waals surface area contributed by atoms with Crippen molar-refractivity contribution in [3.05, 3.63) is 51.8 Å². The number of nitrogens with two attached hydrogens (primary N) is 2. The zero-order chi connectivity index (χ0) is 18.0. The molecule has 8 heteroatoms. The summed E-state index contributed by atoms with van der Waals surface area (Å²) in [5.74, 6) is 0.0375. The van der Waals surface area contributed by atoms with E-state index in [1.54, 1.807) is 17.4 Å². The molecular formula is C17H19N5O2S. The number of thiophene rings is 1. The van der Waals surface area contributed by atoms with Crippen LogP contribution in [0.3, 0.4) is 0 Å². The quantitative estimate of drug-likeness (QED) is 0.413. The van der Waals surface area contributed by atoms with Gasteiger partial charge < -0.3 is 21.2 Å². The van der Waals surface area contributed by atoms with Gasteiger partial charge in [-0.2, -0.15) is 0 Å². The fraction of sp³-hybridized carbons (Fsp3) is 0.176. The highest BCUT2D eigenvalue weighted by Crippen LogP contribution is 2.24. The van der Waals surface area contributed by atoms with Gasteiger partial charge in [0.15, 0.2) is 5.96 Å². The first-order chi connectivity index (χ1) is 12.0. The topological polar surface area (TPSA) is 121 Å². The minimum Gasteiger partial charge on any atom is -0.488 e. The van der Waals surface area contributed by atoms with E-state index in [0.29, 0.717) is 24.6 Å². The molecule has 0 aliphatic carbocycles. The molecule has 2 aromatic heterocycles. The summed E-state index contributed by atoms with van der Waals surface area (Å²) >= 11 is 1.63. The van der Waals surface area contributed by atoms with Crippen LogP contribution in [0.25, 0.3) is 10.9 Å². The number of hydrogen-bond donors (Lipinski definition) is 4. The van der Waals surface area contributed by atoms with Gasteiger partial charge in [-0.25, -0.2) is 0 Å². The smallest absolute Gasteiger partial charge is 0.276 e. The average molecular weight is 357 g/mol. The Morgan fingerprint density at radius 2 is 2.04 bits per heavy atom. The third-order valence-corrected chi connectivity index (χ3v) is 4.87. The van der Waals surface area contributed by atoms with Crippen LogP contribution in [-0.4, -0.2) is 28.8 Å². The molecule has 0 spiro atoms. The van der Waals surface area contributed by atoms with Gasteiger partial charge in [-0.05, 0) is 30.3 Å². The monoisotopic (exact) mass is 357 g/mol. The van der Waals surface area contributed by atoms with Crippen molar-refractivity contribution in [2.75, 3.05) is 7.05 Å². The van der Waals surface area contributed by atoms with E-state index in [1.807, 2.05) is 30.3 Å². The maximum absolute atomic E-state index is 12.2. The van der Waals surface area contributed by atoms with Crippen molar-refractivity contribution < 1.29 is 9.53 Å². The van der Waals surface area contributed by atoms with Crippen LogP contribution >= 0.6 is 11.3 Å². The second-order valence-corrected chi connectivity index (χ2v) is 6.80. The van der Waals surface area contributed by atoms with Crippen molar-refractivity contribution in [1.82, 2.24) is 9.88 Å². The fourth-order valence-corrected chi connectivity index (χ4v) is 3.18. The molecule has 0 saturated heterocycles. The first-order valence-electron chi connectivity index (χ1n) is 7.63. The maximum Gasteiger partial charge on any atom is 0.276 e. The normalized spacial score (nSPS) is 10.8. The van der Waals surface area contributed by atoms with Crippen LogP contribution in [0.1, 0.15) is 20.2 Å². The average Bonchev–Trinajstić information content (AvgIpc) is 3.24. The van der Waals surface area contributed by atoms with Crippen LogP contribution in [0.4, 0.5) is 0 Å². The minimum absolute atomic E-state index is 0.305. The number of amides is 1. The van der Waals surface area contributed by atoms with Crippen LogP contribution in [0.2, 0.25) is 0 Å². The van der Waals surface area contributed by atoms with Crippen molar-refractivity contribution in [1.29, 1.82) is 5.41 Å². The number of aromatic amines is 1. The van der Waals surface area contributed by atoms with Gasteiger partial charge in [0, 0.05) is 40.3 Å². The van der Waals surface area contributed by atoms with Crippen LogP contribution in [-0.2, 0) is 13.2 Å². The SMILES string of the molecule is CN(C(=N)N)C(=O)c1cc2ccc(OCc3ccc(CN)s3)cc2[nH]1. The number of H-pyrrole nitrogens is 1. The molecule has 2 heterocycles. The number of fused-ring (bicyclic) bond motifs is 1. The molecule has 0 fully saturated rings. The van der Waals surface area contributed by atoms with Gasteiger partial charge >= 0.3 is 0 Å². The molecule has 1 aromatic carbocycles. The van der Waals surface area contributed by atoms with E-state index < -0.39 is 0 Å². The van der Waals surface area contributed by atoms with Crippen LogP contribution in [0.5, 0.6) is 5.75 Å². The second-order valence-electron chi connectivity index (χ2n) is 5.54. The van der Waals surface area contributed by atoms with Crippen LogP contribution in [0.15, 0.2) is 36.4 Å². The van der Waals surface area contributed by atoms with E-state index in [1.165, 1.54) is 7.05 Å². The van der Waals surface area contributed by atoms with Gasteiger partial charge in [0.05, 0.1) is 0 Å². The molecule has 0 radical (unpaired) electrons. The van der Waals surface area contributed by atoms with E-state index in [4.69, 9.17) is 21.6 Å². The first kappa shape index (κ1) is 17.0. The second kappa shape index (κ2) is 6.96. The number of aromatic nitrogens is 1. The highest BCUT2D eigenvalue weighted by Gasteiger charge is 2.16. The summed E-state index contributed by atoms with van der Waals surface area (Å²) < 4.78 is 5.81. The number of hydrogen-bond acceptors (Lipinski definition) is 5. The Labute approximate surface area is 148 Å². The largest absolute Gasteiger partial charge is 0.488 e. The summed E-state index contributed by atoms with van der Waals surface area (Å²) in [6.07, 6.45) is 0. The third-order valence-electron chi connectivity index (χ3n) is 3.79. The van der Waals surface area contributed by atoms with Crippen molar-refractivity contribution in [2.45, 2.75) is 13.2 Å². The zero-order valence-electron chi connectivity index (χ0n) is 13.7. The number of ether oxygens (including phenoxy) is 1. The third kappa shape index (κ3) is 3.65. The molecule has 6 N–H and O–H groups in total. The summed E-state index contributed by atoms with van der Waals surface area (Å²) in [4.78, 5) is 18.6. The lowest BCUT2D eigenvalue weighted by Crippen LogP contribution is -2.38. The van der Waals surface area contributed by atoms with E-state index in [2.05, 4.69) is 4.98 Å². The summed E-state index contributed by atoms with van der Waals surface area (Å²) in [5, 5.41) is 8.23. The van der Waals surface area contributed by atoms with E-state index in [0.717, 1.165) is 25.6 Å². The molecule has 130 valence electrons. The Hall–Kier alpha value is -2.84. The van der Waals surface area contributed by atoms with Gasteiger partial charge in [-0.15, -0.1) is 11.3 Å². The summed E-state index contributed by atoms with van der Waals surface area (Å²) in [7, 11) is 1.46. The van der Waals surface area contributed by atoms with E-state index in [-0.39, 0.29) is 11.9 Å². The summed E-state index contributed by atoms with van der Waals surface area (Å²) in [5.41, 5.74) is 12.1. The van der Waals surface area contributed by atoms with Crippen molar-refractivity contribution in [3.63, 3.8) is 0 Å².